The zero-order valence-electron chi connectivity index (χ0n) is 10.7. The standard InChI is InChI=1S/C15H20O2/c1-9-11-6-14(3,8-16)7-12(11)13(17)10(2)15(9)4-5-15/h10,16H,1,4-8H2,2-3H3. The lowest BCUT2D eigenvalue weighted by Gasteiger charge is -2.31. The number of carbonyl (C=O) groups is 1. The van der Waals surface area contributed by atoms with Crippen molar-refractivity contribution in [2.45, 2.75) is 39.5 Å². The Labute approximate surface area is 102 Å². The van der Waals surface area contributed by atoms with Gasteiger partial charge in [-0.05, 0) is 47.8 Å². The van der Waals surface area contributed by atoms with Crippen LogP contribution in [0, 0.1) is 16.7 Å². The number of aliphatic hydroxyl groups excluding tert-OH is 1. The van der Waals surface area contributed by atoms with Gasteiger partial charge in [-0.25, -0.2) is 0 Å². The van der Waals surface area contributed by atoms with E-state index in [2.05, 4.69) is 20.4 Å². The molecule has 0 aromatic rings. The average Bonchev–Trinajstić information content (AvgIpc) is 3.04. The highest BCUT2D eigenvalue weighted by Gasteiger charge is 2.58. The van der Waals surface area contributed by atoms with Gasteiger partial charge in [-0.3, -0.25) is 4.79 Å². The molecule has 0 heterocycles. The van der Waals surface area contributed by atoms with Crippen molar-refractivity contribution in [1.29, 1.82) is 0 Å². The van der Waals surface area contributed by atoms with Crippen LogP contribution in [0.4, 0.5) is 0 Å². The summed E-state index contributed by atoms with van der Waals surface area (Å²) in [6.45, 7) is 8.54. The van der Waals surface area contributed by atoms with Crippen LogP contribution in [0.25, 0.3) is 0 Å². The molecule has 1 N–H and O–H groups in total. The maximum atomic E-state index is 12.4. The fourth-order valence-electron chi connectivity index (χ4n) is 3.71. The zero-order valence-corrected chi connectivity index (χ0v) is 10.7. The number of Topliss-reactive ketones (excluding diaryl/α,β-unsaturated/α-hetero) is 1. The molecule has 0 saturated heterocycles. The van der Waals surface area contributed by atoms with Gasteiger partial charge in [0.25, 0.3) is 0 Å². The predicted octanol–water partition coefficient (Wildman–Crippen LogP) is 2.63. The highest BCUT2D eigenvalue weighted by atomic mass is 16.3. The topological polar surface area (TPSA) is 37.3 Å². The van der Waals surface area contributed by atoms with E-state index in [4.69, 9.17) is 0 Å². The average molecular weight is 232 g/mol. The first-order chi connectivity index (χ1) is 7.93. The second kappa shape index (κ2) is 3.11. The number of rotatable bonds is 1. The van der Waals surface area contributed by atoms with Crippen molar-refractivity contribution >= 4 is 5.78 Å². The Morgan fingerprint density at radius 2 is 1.94 bits per heavy atom. The molecule has 0 amide bonds. The van der Waals surface area contributed by atoms with Crippen LogP contribution in [0.1, 0.15) is 39.5 Å². The number of carbonyl (C=O) groups excluding carboxylic acids is 1. The van der Waals surface area contributed by atoms with Gasteiger partial charge in [0.15, 0.2) is 5.78 Å². The molecule has 17 heavy (non-hydrogen) atoms. The molecular formula is C15H20O2. The van der Waals surface area contributed by atoms with E-state index in [1.54, 1.807) is 0 Å². The SMILES string of the molecule is C=C1C2=C(CC(C)(CO)C2)C(=O)C(C)C12CC2. The summed E-state index contributed by atoms with van der Waals surface area (Å²) >= 11 is 0. The molecule has 3 aliphatic carbocycles. The van der Waals surface area contributed by atoms with E-state index in [1.165, 1.54) is 11.1 Å². The molecule has 0 bridgehead atoms. The summed E-state index contributed by atoms with van der Waals surface area (Å²) in [7, 11) is 0. The number of allylic oxidation sites excluding steroid dienone is 3. The second-order valence-electron chi connectivity index (χ2n) is 6.50. The number of ketones is 1. The van der Waals surface area contributed by atoms with Crippen LogP contribution in [0.3, 0.4) is 0 Å². The summed E-state index contributed by atoms with van der Waals surface area (Å²) < 4.78 is 0. The van der Waals surface area contributed by atoms with Crippen LogP contribution in [-0.4, -0.2) is 17.5 Å². The van der Waals surface area contributed by atoms with E-state index < -0.39 is 0 Å². The third-order valence-electron chi connectivity index (χ3n) is 5.23. The van der Waals surface area contributed by atoms with E-state index in [0.29, 0.717) is 5.78 Å². The minimum Gasteiger partial charge on any atom is -0.396 e. The van der Waals surface area contributed by atoms with E-state index in [0.717, 1.165) is 31.3 Å². The molecule has 1 saturated carbocycles. The summed E-state index contributed by atoms with van der Waals surface area (Å²) in [4.78, 5) is 12.4. The highest BCUT2D eigenvalue weighted by molar-refractivity contribution is 6.02. The molecular weight excluding hydrogens is 212 g/mol. The van der Waals surface area contributed by atoms with Gasteiger partial charge in [-0.15, -0.1) is 0 Å². The molecule has 2 nitrogen and oxygen atoms in total. The highest BCUT2D eigenvalue weighted by Crippen LogP contribution is 2.65. The monoisotopic (exact) mass is 232 g/mol. The minimum atomic E-state index is -0.136. The van der Waals surface area contributed by atoms with Crippen molar-refractivity contribution in [2.24, 2.45) is 16.7 Å². The number of hydrogen-bond donors (Lipinski definition) is 1. The third-order valence-corrected chi connectivity index (χ3v) is 5.23. The van der Waals surface area contributed by atoms with Gasteiger partial charge in [-0.1, -0.05) is 20.4 Å². The first kappa shape index (κ1) is 11.2. The smallest absolute Gasteiger partial charge is 0.162 e. The van der Waals surface area contributed by atoms with Crippen molar-refractivity contribution in [3.8, 4) is 0 Å². The third kappa shape index (κ3) is 1.28. The molecule has 0 aliphatic heterocycles. The molecule has 0 aromatic heterocycles. The van der Waals surface area contributed by atoms with Crippen molar-refractivity contribution in [1.82, 2.24) is 0 Å². The van der Waals surface area contributed by atoms with Crippen LogP contribution >= 0.6 is 0 Å². The zero-order chi connectivity index (χ0) is 12.4. The molecule has 0 aromatic carbocycles. The second-order valence-corrected chi connectivity index (χ2v) is 6.50. The first-order valence-corrected chi connectivity index (χ1v) is 6.50. The maximum absolute atomic E-state index is 12.4. The Morgan fingerprint density at radius 1 is 1.35 bits per heavy atom. The van der Waals surface area contributed by atoms with Gasteiger partial charge in [0.1, 0.15) is 0 Å². The Kier molecular flexibility index (Phi) is 2.05. The molecule has 2 unspecified atom stereocenters. The summed E-state index contributed by atoms with van der Waals surface area (Å²) in [6, 6.07) is 0. The molecule has 1 fully saturated rings. The predicted molar refractivity (Wildman–Crippen MR) is 66.4 cm³/mol. The van der Waals surface area contributed by atoms with Gasteiger partial charge in [0.2, 0.25) is 0 Å². The molecule has 92 valence electrons. The molecule has 0 radical (unpaired) electrons. The van der Waals surface area contributed by atoms with E-state index in [-0.39, 0.29) is 23.4 Å². The van der Waals surface area contributed by atoms with Crippen molar-refractivity contribution in [2.75, 3.05) is 6.61 Å². The van der Waals surface area contributed by atoms with Gasteiger partial charge in [0.05, 0.1) is 0 Å². The van der Waals surface area contributed by atoms with Crippen molar-refractivity contribution in [3.05, 3.63) is 23.3 Å². The summed E-state index contributed by atoms with van der Waals surface area (Å²) in [5, 5.41) is 9.49. The summed E-state index contributed by atoms with van der Waals surface area (Å²) in [6.07, 6.45) is 3.80. The van der Waals surface area contributed by atoms with Crippen molar-refractivity contribution < 1.29 is 9.90 Å². The van der Waals surface area contributed by atoms with E-state index in [1.807, 2.05) is 0 Å². The number of hydrogen-bond acceptors (Lipinski definition) is 2. The quantitative estimate of drug-likeness (QED) is 0.754. The van der Waals surface area contributed by atoms with Crippen LogP contribution in [0.15, 0.2) is 23.3 Å². The van der Waals surface area contributed by atoms with Gasteiger partial charge >= 0.3 is 0 Å². The molecule has 1 spiro atoms. The molecule has 2 heteroatoms. The maximum Gasteiger partial charge on any atom is 0.162 e. The summed E-state index contributed by atoms with van der Waals surface area (Å²) in [5.74, 6) is 0.428. The molecule has 3 aliphatic rings. The lowest BCUT2D eigenvalue weighted by molar-refractivity contribution is -0.120. The first-order valence-electron chi connectivity index (χ1n) is 6.50. The van der Waals surface area contributed by atoms with Gasteiger partial charge in [-0.2, -0.15) is 0 Å². The largest absolute Gasteiger partial charge is 0.396 e. The molecule has 2 atom stereocenters. The van der Waals surface area contributed by atoms with Crippen LogP contribution in [0.5, 0.6) is 0 Å². The van der Waals surface area contributed by atoms with E-state index in [9.17, 15) is 9.90 Å². The van der Waals surface area contributed by atoms with E-state index >= 15 is 0 Å². The summed E-state index contributed by atoms with van der Waals surface area (Å²) in [5.41, 5.74) is 3.32. The fraction of sp³-hybridized carbons (Fsp3) is 0.667. The Balaban J connectivity index is 2.03. The van der Waals surface area contributed by atoms with Crippen LogP contribution < -0.4 is 0 Å². The van der Waals surface area contributed by atoms with Crippen molar-refractivity contribution in [3.63, 3.8) is 0 Å². The Hall–Kier alpha value is -0.890. The van der Waals surface area contributed by atoms with Gasteiger partial charge < -0.3 is 5.11 Å². The van der Waals surface area contributed by atoms with Crippen LogP contribution in [0.2, 0.25) is 0 Å². The van der Waals surface area contributed by atoms with Crippen LogP contribution in [-0.2, 0) is 4.79 Å². The lowest BCUT2D eigenvalue weighted by Crippen LogP contribution is -2.30. The normalized spacial score (nSPS) is 38.9. The van der Waals surface area contributed by atoms with Gasteiger partial charge in [0, 0.05) is 17.9 Å². The number of aliphatic hydroxyl groups is 1. The minimum absolute atomic E-state index is 0.0939. The Bertz CT molecular complexity index is 454. The fourth-order valence-corrected chi connectivity index (χ4v) is 3.71. The lowest BCUT2D eigenvalue weighted by atomic mass is 9.71. The molecule has 3 rings (SSSR count). The Morgan fingerprint density at radius 3 is 2.47 bits per heavy atom.